The minimum Gasteiger partial charge on any atom is -0.508 e. The molecule has 0 aromatic heterocycles. The van der Waals surface area contributed by atoms with Gasteiger partial charge in [-0.1, -0.05) is 19.1 Å². The lowest BCUT2D eigenvalue weighted by Crippen LogP contribution is -2.35. The summed E-state index contributed by atoms with van der Waals surface area (Å²) in [4.78, 5) is 2.48. The Labute approximate surface area is 95.3 Å². The van der Waals surface area contributed by atoms with Gasteiger partial charge in [0.1, 0.15) is 5.75 Å². The lowest BCUT2D eigenvalue weighted by molar-refractivity contribution is 0.278. The predicted molar refractivity (Wildman–Crippen MR) is 65.3 cm³/mol. The Hall–Kier alpha value is -0.670. The van der Waals surface area contributed by atoms with Crippen LogP contribution in [0.15, 0.2) is 24.3 Å². The van der Waals surface area contributed by atoms with E-state index in [-0.39, 0.29) is 0 Å². The number of benzene rings is 1. The first-order valence-electron chi connectivity index (χ1n) is 5.36. The molecule has 2 nitrogen and oxygen atoms in total. The molecule has 0 aliphatic carbocycles. The van der Waals surface area contributed by atoms with Crippen molar-refractivity contribution in [3.8, 4) is 5.75 Å². The minimum absolute atomic E-state index is 0.348. The topological polar surface area (TPSA) is 23.5 Å². The number of nitrogens with zero attached hydrogens (tertiary/aromatic N) is 1. The van der Waals surface area contributed by atoms with Crippen molar-refractivity contribution in [1.29, 1.82) is 0 Å². The van der Waals surface area contributed by atoms with E-state index >= 15 is 0 Å². The summed E-state index contributed by atoms with van der Waals surface area (Å²) in [6.07, 6.45) is 0. The summed E-state index contributed by atoms with van der Waals surface area (Å²) >= 11 is 2.05. The highest BCUT2D eigenvalue weighted by Gasteiger charge is 2.16. The van der Waals surface area contributed by atoms with Gasteiger partial charge in [-0.15, -0.1) is 0 Å². The van der Waals surface area contributed by atoms with Gasteiger partial charge in [-0.2, -0.15) is 11.8 Å². The predicted octanol–water partition coefficient (Wildman–Crippen LogP) is 2.33. The molecule has 1 N–H and O–H groups in total. The molecule has 0 amide bonds. The van der Waals surface area contributed by atoms with E-state index in [0.29, 0.717) is 5.75 Å². The molecule has 1 aliphatic heterocycles. The number of rotatable bonds is 2. The number of hydrogen-bond acceptors (Lipinski definition) is 3. The van der Waals surface area contributed by atoms with Crippen molar-refractivity contribution in [3.05, 3.63) is 29.8 Å². The third-order valence-corrected chi connectivity index (χ3v) is 3.80. The van der Waals surface area contributed by atoms with Crippen LogP contribution < -0.4 is 0 Å². The SMILES string of the molecule is C[C@H]1CN(Cc2ccc(O)cc2)CCS1. The smallest absolute Gasteiger partial charge is 0.115 e. The Bertz CT molecular complexity index is 312. The highest BCUT2D eigenvalue weighted by atomic mass is 32.2. The monoisotopic (exact) mass is 223 g/mol. The van der Waals surface area contributed by atoms with Crippen molar-refractivity contribution in [2.75, 3.05) is 18.8 Å². The first-order valence-corrected chi connectivity index (χ1v) is 6.41. The molecule has 0 saturated carbocycles. The van der Waals surface area contributed by atoms with Crippen LogP contribution in [-0.2, 0) is 6.54 Å². The van der Waals surface area contributed by atoms with Gasteiger partial charge in [0.2, 0.25) is 0 Å². The summed E-state index contributed by atoms with van der Waals surface area (Å²) in [6, 6.07) is 7.53. The molecule has 1 atom stereocenters. The maximum atomic E-state index is 9.19. The molecule has 0 spiro atoms. The van der Waals surface area contributed by atoms with Crippen LogP contribution in [-0.4, -0.2) is 34.1 Å². The second-order valence-electron chi connectivity index (χ2n) is 4.08. The molecular formula is C12H17NOS. The standard InChI is InChI=1S/C12H17NOS/c1-10-8-13(6-7-15-10)9-11-2-4-12(14)5-3-11/h2-5,10,14H,6-9H2,1H3/t10-/m0/s1. The van der Waals surface area contributed by atoms with Gasteiger partial charge in [0.15, 0.2) is 0 Å². The minimum atomic E-state index is 0.348. The van der Waals surface area contributed by atoms with Gasteiger partial charge in [-0.3, -0.25) is 4.90 Å². The highest BCUT2D eigenvalue weighted by molar-refractivity contribution is 7.99. The van der Waals surface area contributed by atoms with Crippen LogP contribution in [0.5, 0.6) is 5.75 Å². The second kappa shape index (κ2) is 4.90. The van der Waals surface area contributed by atoms with Gasteiger partial charge in [0.25, 0.3) is 0 Å². The summed E-state index contributed by atoms with van der Waals surface area (Å²) in [5.41, 5.74) is 1.28. The molecule has 0 radical (unpaired) electrons. The first-order chi connectivity index (χ1) is 7.24. The van der Waals surface area contributed by atoms with Crippen LogP contribution in [0.25, 0.3) is 0 Å². The number of aromatic hydroxyl groups is 1. The summed E-state index contributed by atoms with van der Waals surface area (Å²) < 4.78 is 0. The molecule has 3 heteroatoms. The lowest BCUT2D eigenvalue weighted by atomic mass is 10.2. The Morgan fingerprint density at radius 3 is 2.80 bits per heavy atom. The Balaban J connectivity index is 1.93. The third-order valence-electron chi connectivity index (χ3n) is 2.67. The van der Waals surface area contributed by atoms with Gasteiger partial charge in [0, 0.05) is 30.6 Å². The average molecular weight is 223 g/mol. The summed E-state index contributed by atoms with van der Waals surface area (Å²) in [7, 11) is 0. The Kier molecular flexibility index (Phi) is 3.54. The van der Waals surface area contributed by atoms with Gasteiger partial charge in [-0.05, 0) is 17.7 Å². The largest absolute Gasteiger partial charge is 0.508 e. The molecule has 1 fully saturated rings. The Morgan fingerprint density at radius 2 is 2.13 bits per heavy atom. The van der Waals surface area contributed by atoms with E-state index in [1.54, 1.807) is 12.1 Å². The zero-order valence-corrected chi connectivity index (χ0v) is 9.83. The van der Waals surface area contributed by atoms with Crippen LogP contribution >= 0.6 is 11.8 Å². The van der Waals surface area contributed by atoms with E-state index in [2.05, 4.69) is 23.6 Å². The molecule has 0 unspecified atom stereocenters. The fraction of sp³-hybridized carbons (Fsp3) is 0.500. The van der Waals surface area contributed by atoms with Crippen LogP contribution in [0.3, 0.4) is 0 Å². The van der Waals surface area contributed by atoms with E-state index in [1.807, 2.05) is 12.1 Å². The van der Waals surface area contributed by atoms with Crippen LogP contribution in [0.1, 0.15) is 12.5 Å². The molecule has 1 saturated heterocycles. The normalized spacial score (nSPS) is 22.9. The quantitative estimate of drug-likeness (QED) is 0.832. The zero-order chi connectivity index (χ0) is 10.7. The number of phenols is 1. The molecule has 1 heterocycles. The molecule has 1 aromatic rings. The van der Waals surface area contributed by atoms with Crippen LogP contribution in [0.2, 0.25) is 0 Å². The second-order valence-corrected chi connectivity index (χ2v) is 5.63. The highest BCUT2D eigenvalue weighted by Crippen LogP contribution is 2.20. The molecule has 2 rings (SSSR count). The van der Waals surface area contributed by atoms with Gasteiger partial charge < -0.3 is 5.11 Å². The maximum absolute atomic E-state index is 9.19. The number of phenolic OH excluding ortho intramolecular Hbond substituents is 1. The molecule has 0 bridgehead atoms. The van der Waals surface area contributed by atoms with E-state index in [9.17, 15) is 5.11 Å². The fourth-order valence-corrected chi connectivity index (χ4v) is 2.98. The van der Waals surface area contributed by atoms with Crippen molar-refractivity contribution >= 4 is 11.8 Å². The van der Waals surface area contributed by atoms with E-state index in [4.69, 9.17) is 0 Å². The molecule has 1 aliphatic rings. The van der Waals surface area contributed by atoms with Crippen molar-refractivity contribution in [2.24, 2.45) is 0 Å². The first kappa shape index (κ1) is 10.8. The zero-order valence-electron chi connectivity index (χ0n) is 9.02. The molecular weight excluding hydrogens is 206 g/mol. The fourth-order valence-electron chi connectivity index (χ4n) is 1.89. The number of thioether (sulfide) groups is 1. The summed E-state index contributed by atoms with van der Waals surface area (Å²) in [6.45, 7) is 5.64. The van der Waals surface area contributed by atoms with Gasteiger partial charge >= 0.3 is 0 Å². The molecule has 82 valence electrons. The Morgan fingerprint density at radius 1 is 1.40 bits per heavy atom. The van der Waals surface area contributed by atoms with Crippen LogP contribution in [0, 0.1) is 0 Å². The summed E-state index contributed by atoms with van der Waals surface area (Å²) in [5.74, 6) is 1.58. The molecule has 15 heavy (non-hydrogen) atoms. The van der Waals surface area contributed by atoms with Crippen LogP contribution in [0.4, 0.5) is 0 Å². The van der Waals surface area contributed by atoms with E-state index < -0.39 is 0 Å². The maximum Gasteiger partial charge on any atom is 0.115 e. The van der Waals surface area contributed by atoms with E-state index in [1.165, 1.54) is 24.4 Å². The lowest BCUT2D eigenvalue weighted by Gasteiger charge is -2.30. The third kappa shape index (κ3) is 3.14. The number of hydrogen-bond donors (Lipinski definition) is 1. The molecule has 1 aromatic carbocycles. The van der Waals surface area contributed by atoms with Crippen molar-refractivity contribution in [1.82, 2.24) is 4.90 Å². The van der Waals surface area contributed by atoms with Crippen molar-refractivity contribution in [3.63, 3.8) is 0 Å². The van der Waals surface area contributed by atoms with Crippen molar-refractivity contribution < 1.29 is 5.11 Å². The van der Waals surface area contributed by atoms with E-state index in [0.717, 1.165) is 11.8 Å². The van der Waals surface area contributed by atoms with Gasteiger partial charge in [-0.25, -0.2) is 0 Å². The summed E-state index contributed by atoms with van der Waals surface area (Å²) in [5, 5.41) is 9.93. The average Bonchev–Trinajstić information content (AvgIpc) is 2.22. The van der Waals surface area contributed by atoms with Crippen molar-refractivity contribution in [2.45, 2.75) is 18.7 Å². The van der Waals surface area contributed by atoms with Gasteiger partial charge in [0.05, 0.1) is 0 Å².